The lowest BCUT2D eigenvalue weighted by Gasteiger charge is -2.08. The smallest absolute Gasteiger partial charge is 0.277 e. The molecule has 0 aliphatic rings. The standard InChI is InChI=1S/C17H15N3O4/c1-22-13-6-12(7-14(8-13)23-2)19-17(21)15-9-16(24-20-15)11-4-3-5-18-10-11/h3-10H,1-2H3,(H,19,21). The monoisotopic (exact) mass is 325 g/mol. The number of benzene rings is 1. The lowest BCUT2D eigenvalue weighted by molar-refractivity contribution is 0.101. The van der Waals surface area contributed by atoms with Gasteiger partial charge in [0, 0.05) is 47.9 Å². The lowest BCUT2D eigenvalue weighted by Crippen LogP contribution is -2.12. The van der Waals surface area contributed by atoms with Gasteiger partial charge in [0.2, 0.25) is 0 Å². The van der Waals surface area contributed by atoms with Crippen molar-refractivity contribution in [2.24, 2.45) is 0 Å². The third kappa shape index (κ3) is 3.35. The van der Waals surface area contributed by atoms with Crippen molar-refractivity contribution in [3.05, 3.63) is 54.5 Å². The van der Waals surface area contributed by atoms with Crippen molar-refractivity contribution in [3.63, 3.8) is 0 Å². The van der Waals surface area contributed by atoms with Gasteiger partial charge in [0.1, 0.15) is 11.5 Å². The number of ether oxygens (including phenoxy) is 2. The van der Waals surface area contributed by atoms with E-state index in [0.717, 1.165) is 5.56 Å². The van der Waals surface area contributed by atoms with Crippen LogP contribution in [0.3, 0.4) is 0 Å². The molecule has 1 N–H and O–H groups in total. The Morgan fingerprint density at radius 3 is 2.50 bits per heavy atom. The van der Waals surface area contributed by atoms with Gasteiger partial charge in [-0.2, -0.15) is 0 Å². The minimum atomic E-state index is -0.399. The molecule has 0 fully saturated rings. The van der Waals surface area contributed by atoms with E-state index in [9.17, 15) is 4.79 Å². The van der Waals surface area contributed by atoms with E-state index >= 15 is 0 Å². The van der Waals surface area contributed by atoms with E-state index in [1.54, 1.807) is 42.7 Å². The number of methoxy groups -OCH3 is 2. The van der Waals surface area contributed by atoms with E-state index in [4.69, 9.17) is 14.0 Å². The van der Waals surface area contributed by atoms with Gasteiger partial charge in [0.15, 0.2) is 11.5 Å². The fourth-order valence-electron chi connectivity index (χ4n) is 2.10. The van der Waals surface area contributed by atoms with E-state index in [1.807, 2.05) is 6.07 Å². The lowest BCUT2D eigenvalue weighted by atomic mass is 10.2. The molecule has 3 rings (SSSR count). The number of carbonyl (C=O) groups is 1. The number of hydrogen-bond acceptors (Lipinski definition) is 6. The van der Waals surface area contributed by atoms with Crippen LogP contribution in [0.25, 0.3) is 11.3 Å². The summed E-state index contributed by atoms with van der Waals surface area (Å²) in [6, 6.07) is 10.2. The Balaban J connectivity index is 1.80. The summed E-state index contributed by atoms with van der Waals surface area (Å²) < 4.78 is 15.5. The Kier molecular flexibility index (Phi) is 4.42. The zero-order valence-electron chi connectivity index (χ0n) is 13.1. The van der Waals surface area contributed by atoms with Crippen LogP contribution in [0.2, 0.25) is 0 Å². The van der Waals surface area contributed by atoms with Gasteiger partial charge in [0.05, 0.1) is 14.2 Å². The molecule has 0 spiro atoms. The second-order valence-electron chi connectivity index (χ2n) is 4.87. The summed E-state index contributed by atoms with van der Waals surface area (Å²) in [5.74, 6) is 1.21. The number of nitrogens with one attached hydrogen (secondary N) is 1. The van der Waals surface area contributed by atoms with E-state index in [0.29, 0.717) is 22.9 Å². The van der Waals surface area contributed by atoms with Crippen molar-refractivity contribution in [1.82, 2.24) is 10.1 Å². The number of pyridine rings is 1. The molecule has 0 bridgehead atoms. The van der Waals surface area contributed by atoms with E-state index in [2.05, 4.69) is 15.5 Å². The van der Waals surface area contributed by atoms with E-state index in [-0.39, 0.29) is 5.69 Å². The number of aromatic nitrogens is 2. The highest BCUT2D eigenvalue weighted by Gasteiger charge is 2.15. The Morgan fingerprint density at radius 1 is 1.12 bits per heavy atom. The van der Waals surface area contributed by atoms with Gasteiger partial charge in [-0.1, -0.05) is 5.16 Å². The van der Waals surface area contributed by atoms with Crippen LogP contribution in [-0.4, -0.2) is 30.3 Å². The maximum Gasteiger partial charge on any atom is 0.277 e. The summed E-state index contributed by atoms with van der Waals surface area (Å²) in [6.45, 7) is 0. The van der Waals surface area contributed by atoms with E-state index < -0.39 is 5.91 Å². The highest BCUT2D eigenvalue weighted by Crippen LogP contribution is 2.26. The maximum absolute atomic E-state index is 12.3. The number of carbonyl (C=O) groups excluding carboxylic acids is 1. The molecular formula is C17H15N3O4. The Hall–Kier alpha value is -3.35. The number of anilines is 1. The summed E-state index contributed by atoms with van der Waals surface area (Å²) in [6.07, 6.45) is 3.29. The molecule has 0 aliphatic heterocycles. The van der Waals surface area contributed by atoms with Crippen LogP contribution in [0, 0.1) is 0 Å². The van der Waals surface area contributed by atoms with E-state index in [1.165, 1.54) is 14.2 Å². The van der Waals surface area contributed by atoms with Crippen molar-refractivity contribution in [3.8, 4) is 22.8 Å². The van der Waals surface area contributed by atoms with Crippen LogP contribution in [0.5, 0.6) is 11.5 Å². The number of rotatable bonds is 5. The highest BCUT2D eigenvalue weighted by atomic mass is 16.5. The molecule has 0 saturated heterocycles. The number of amides is 1. The molecule has 24 heavy (non-hydrogen) atoms. The molecule has 122 valence electrons. The van der Waals surface area contributed by atoms with Crippen molar-refractivity contribution in [1.29, 1.82) is 0 Å². The second-order valence-corrected chi connectivity index (χ2v) is 4.87. The molecule has 0 atom stereocenters. The van der Waals surface area contributed by atoms with Crippen molar-refractivity contribution < 1.29 is 18.8 Å². The molecule has 3 aromatic rings. The Labute approximate surface area is 138 Å². The van der Waals surface area contributed by atoms with Crippen LogP contribution >= 0.6 is 0 Å². The average molecular weight is 325 g/mol. The summed E-state index contributed by atoms with van der Waals surface area (Å²) >= 11 is 0. The first-order valence-corrected chi connectivity index (χ1v) is 7.11. The SMILES string of the molecule is COc1cc(NC(=O)c2cc(-c3cccnc3)on2)cc(OC)c1. The predicted octanol–water partition coefficient (Wildman–Crippen LogP) is 3.01. The molecular weight excluding hydrogens is 310 g/mol. The molecule has 2 aromatic heterocycles. The third-order valence-corrected chi connectivity index (χ3v) is 3.30. The molecule has 0 radical (unpaired) electrons. The fraction of sp³-hybridized carbons (Fsp3) is 0.118. The molecule has 0 aliphatic carbocycles. The molecule has 0 unspecified atom stereocenters. The third-order valence-electron chi connectivity index (χ3n) is 3.30. The Bertz CT molecular complexity index is 824. The van der Waals surface area contributed by atoms with Gasteiger partial charge in [-0.3, -0.25) is 9.78 Å². The first kappa shape index (κ1) is 15.5. The average Bonchev–Trinajstić information content (AvgIpc) is 3.12. The summed E-state index contributed by atoms with van der Waals surface area (Å²) in [4.78, 5) is 16.3. The zero-order valence-corrected chi connectivity index (χ0v) is 13.1. The zero-order chi connectivity index (χ0) is 16.9. The van der Waals surface area contributed by atoms with Crippen LogP contribution in [-0.2, 0) is 0 Å². The van der Waals surface area contributed by atoms with Crippen LogP contribution < -0.4 is 14.8 Å². The van der Waals surface area contributed by atoms with Crippen molar-refractivity contribution in [2.75, 3.05) is 19.5 Å². The topological polar surface area (TPSA) is 86.5 Å². The summed E-state index contributed by atoms with van der Waals surface area (Å²) in [5, 5.41) is 6.53. The predicted molar refractivity (Wildman–Crippen MR) is 87.2 cm³/mol. The maximum atomic E-state index is 12.3. The summed E-state index contributed by atoms with van der Waals surface area (Å²) in [7, 11) is 3.08. The quantitative estimate of drug-likeness (QED) is 0.776. The number of nitrogens with zero attached hydrogens (tertiary/aromatic N) is 2. The number of hydrogen-bond donors (Lipinski definition) is 1. The molecule has 0 saturated carbocycles. The van der Waals surface area contributed by atoms with Crippen LogP contribution in [0.1, 0.15) is 10.5 Å². The van der Waals surface area contributed by atoms with Crippen LogP contribution in [0.15, 0.2) is 53.3 Å². The first-order chi connectivity index (χ1) is 11.7. The van der Waals surface area contributed by atoms with Crippen LogP contribution in [0.4, 0.5) is 5.69 Å². The summed E-state index contributed by atoms with van der Waals surface area (Å²) in [5.41, 5.74) is 1.44. The van der Waals surface area contributed by atoms with Crippen molar-refractivity contribution >= 4 is 11.6 Å². The molecule has 1 amide bonds. The highest BCUT2D eigenvalue weighted by molar-refractivity contribution is 6.03. The first-order valence-electron chi connectivity index (χ1n) is 7.11. The fourth-order valence-corrected chi connectivity index (χ4v) is 2.10. The van der Waals surface area contributed by atoms with Gasteiger partial charge >= 0.3 is 0 Å². The molecule has 2 heterocycles. The largest absolute Gasteiger partial charge is 0.497 e. The molecule has 7 heteroatoms. The normalized spacial score (nSPS) is 10.2. The minimum absolute atomic E-state index is 0.163. The van der Waals surface area contributed by atoms with Gasteiger partial charge in [-0.05, 0) is 12.1 Å². The molecule has 1 aromatic carbocycles. The van der Waals surface area contributed by atoms with Gasteiger partial charge in [-0.25, -0.2) is 0 Å². The van der Waals surface area contributed by atoms with Gasteiger partial charge in [-0.15, -0.1) is 0 Å². The second kappa shape index (κ2) is 6.82. The van der Waals surface area contributed by atoms with Gasteiger partial charge < -0.3 is 19.3 Å². The molecule has 7 nitrogen and oxygen atoms in total. The minimum Gasteiger partial charge on any atom is -0.497 e. The van der Waals surface area contributed by atoms with Gasteiger partial charge in [0.25, 0.3) is 5.91 Å². The van der Waals surface area contributed by atoms with Crippen molar-refractivity contribution in [2.45, 2.75) is 0 Å². The Morgan fingerprint density at radius 2 is 1.88 bits per heavy atom.